The molecule has 1 aliphatic rings. The lowest BCUT2D eigenvalue weighted by atomic mass is 9.91. The Hall–Kier alpha value is -0.650. The molecule has 2 atom stereocenters. The van der Waals surface area contributed by atoms with Crippen LogP contribution in [-0.2, 0) is 4.79 Å². The lowest BCUT2D eigenvalue weighted by Crippen LogP contribution is -2.50. The molecular weight excluding hydrogens is 218 g/mol. The maximum atomic E-state index is 10.8. The Morgan fingerprint density at radius 2 is 2.29 bits per heavy atom. The summed E-state index contributed by atoms with van der Waals surface area (Å²) in [6.45, 7) is 6.50. The molecule has 1 aliphatic heterocycles. The van der Waals surface area contributed by atoms with Gasteiger partial charge in [-0.3, -0.25) is 4.79 Å². The maximum absolute atomic E-state index is 10.8. The largest absolute Gasteiger partial charge is 0.481 e. The van der Waals surface area contributed by atoms with E-state index in [9.17, 15) is 4.79 Å². The summed E-state index contributed by atoms with van der Waals surface area (Å²) in [5, 5.41) is 12.4. The maximum Gasteiger partial charge on any atom is 0.303 e. The van der Waals surface area contributed by atoms with Crippen molar-refractivity contribution in [1.29, 1.82) is 0 Å². The van der Waals surface area contributed by atoms with Crippen LogP contribution in [0, 0.1) is 5.92 Å². The molecule has 17 heavy (non-hydrogen) atoms. The van der Waals surface area contributed by atoms with Crippen LogP contribution in [0.4, 0.5) is 0 Å². The summed E-state index contributed by atoms with van der Waals surface area (Å²) in [7, 11) is 0. The van der Waals surface area contributed by atoms with E-state index in [1.807, 2.05) is 0 Å². The molecule has 5 heteroatoms. The van der Waals surface area contributed by atoms with Gasteiger partial charge < -0.3 is 21.1 Å². The van der Waals surface area contributed by atoms with Crippen molar-refractivity contribution in [1.82, 2.24) is 10.2 Å². The van der Waals surface area contributed by atoms with Crippen LogP contribution in [-0.4, -0.2) is 54.7 Å². The topological polar surface area (TPSA) is 78.6 Å². The Morgan fingerprint density at radius 3 is 2.88 bits per heavy atom. The summed E-state index contributed by atoms with van der Waals surface area (Å²) in [6.07, 6.45) is 2.34. The van der Waals surface area contributed by atoms with Gasteiger partial charge in [0.1, 0.15) is 0 Å². The van der Waals surface area contributed by atoms with Crippen molar-refractivity contribution in [2.75, 3.05) is 32.7 Å². The molecule has 0 aromatic rings. The van der Waals surface area contributed by atoms with Crippen LogP contribution in [0.2, 0.25) is 0 Å². The number of carboxylic acid groups (broad SMARTS) is 1. The van der Waals surface area contributed by atoms with Gasteiger partial charge in [-0.15, -0.1) is 0 Å². The number of likely N-dealkylation sites (tertiary alicyclic amines) is 1. The Bertz CT molecular complexity index is 236. The van der Waals surface area contributed by atoms with Crippen LogP contribution >= 0.6 is 0 Å². The smallest absolute Gasteiger partial charge is 0.303 e. The quantitative estimate of drug-likeness (QED) is 0.591. The number of hydrogen-bond acceptors (Lipinski definition) is 4. The van der Waals surface area contributed by atoms with E-state index in [1.54, 1.807) is 0 Å². The number of nitrogens with one attached hydrogen (secondary N) is 1. The highest BCUT2D eigenvalue weighted by Gasteiger charge is 2.27. The molecule has 0 saturated carbocycles. The molecule has 0 radical (unpaired) electrons. The minimum absolute atomic E-state index is 0.252. The van der Waals surface area contributed by atoms with Crippen molar-refractivity contribution >= 4 is 5.97 Å². The molecule has 0 amide bonds. The number of nitrogens with zero attached hydrogens (tertiary/aromatic N) is 1. The van der Waals surface area contributed by atoms with Crippen molar-refractivity contribution in [2.45, 2.75) is 32.2 Å². The summed E-state index contributed by atoms with van der Waals surface area (Å²) in [4.78, 5) is 13.1. The highest BCUT2D eigenvalue weighted by molar-refractivity contribution is 5.67. The van der Waals surface area contributed by atoms with Gasteiger partial charge in [-0.25, -0.2) is 0 Å². The molecule has 1 fully saturated rings. The first-order valence-electron chi connectivity index (χ1n) is 6.53. The molecule has 0 spiro atoms. The Labute approximate surface area is 103 Å². The van der Waals surface area contributed by atoms with E-state index in [2.05, 4.69) is 17.1 Å². The van der Waals surface area contributed by atoms with Gasteiger partial charge in [-0.2, -0.15) is 0 Å². The van der Waals surface area contributed by atoms with E-state index in [4.69, 9.17) is 10.8 Å². The van der Waals surface area contributed by atoms with Gasteiger partial charge in [-0.05, 0) is 25.3 Å². The SMILES string of the molecule is CCCNC1CC(CC(=O)O)CN(CCN)C1. The van der Waals surface area contributed by atoms with Crippen LogP contribution in [0.15, 0.2) is 0 Å². The van der Waals surface area contributed by atoms with Crippen LogP contribution in [0.1, 0.15) is 26.2 Å². The molecule has 5 nitrogen and oxygen atoms in total. The first-order valence-corrected chi connectivity index (χ1v) is 6.53. The minimum atomic E-state index is -0.696. The molecule has 0 aromatic heterocycles. The zero-order valence-corrected chi connectivity index (χ0v) is 10.7. The molecule has 100 valence electrons. The van der Waals surface area contributed by atoms with Crippen LogP contribution < -0.4 is 11.1 Å². The van der Waals surface area contributed by atoms with Crippen molar-refractivity contribution in [3.8, 4) is 0 Å². The Morgan fingerprint density at radius 1 is 1.53 bits per heavy atom. The van der Waals surface area contributed by atoms with Crippen molar-refractivity contribution in [3.63, 3.8) is 0 Å². The van der Waals surface area contributed by atoms with E-state index in [1.165, 1.54) is 0 Å². The monoisotopic (exact) mass is 243 g/mol. The molecule has 1 rings (SSSR count). The van der Waals surface area contributed by atoms with E-state index in [0.29, 0.717) is 12.6 Å². The van der Waals surface area contributed by atoms with Gasteiger partial charge in [0.15, 0.2) is 0 Å². The number of carboxylic acids is 1. The predicted molar refractivity (Wildman–Crippen MR) is 67.9 cm³/mol. The lowest BCUT2D eigenvalue weighted by Gasteiger charge is -2.37. The van der Waals surface area contributed by atoms with Crippen molar-refractivity contribution < 1.29 is 9.90 Å². The average molecular weight is 243 g/mol. The fourth-order valence-corrected chi connectivity index (χ4v) is 2.56. The minimum Gasteiger partial charge on any atom is -0.481 e. The zero-order valence-electron chi connectivity index (χ0n) is 10.7. The second-order valence-corrected chi connectivity index (χ2v) is 4.90. The van der Waals surface area contributed by atoms with E-state index >= 15 is 0 Å². The van der Waals surface area contributed by atoms with Gasteiger partial charge in [0.2, 0.25) is 0 Å². The third-order valence-corrected chi connectivity index (χ3v) is 3.20. The third kappa shape index (κ3) is 5.48. The molecule has 4 N–H and O–H groups in total. The number of hydrogen-bond donors (Lipinski definition) is 3. The number of piperidine rings is 1. The van der Waals surface area contributed by atoms with E-state index in [0.717, 1.165) is 39.0 Å². The summed E-state index contributed by atoms with van der Waals surface area (Å²) in [5.41, 5.74) is 5.57. The second kappa shape index (κ2) is 7.63. The number of nitrogens with two attached hydrogens (primary N) is 1. The van der Waals surface area contributed by atoms with Gasteiger partial charge in [-0.1, -0.05) is 6.92 Å². The van der Waals surface area contributed by atoms with Crippen LogP contribution in [0.25, 0.3) is 0 Å². The molecular formula is C12H25N3O2. The highest BCUT2D eigenvalue weighted by atomic mass is 16.4. The highest BCUT2D eigenvalue weighted by Crippen LogP contribution is 2.19. The first-order chi connectivity index (χ1) is 8.15. The van der Waals surface area contributed by atoms with Crippen molar-refractivity contribution in [3.05, 3.63) is 0 Å². The predicted octanol–water partition coefficient (Wildman–Crippen LogP) is 0.110. The molecule has 1 heterocycles. The number of rotatable bonds is 7. The van der Waals surface area contributed by atoms with E-state index in [-0.39, 0.29) is 12.3 Å². The number of carbonyl (C=O) groups is 1. The van der Waals surface area contributed by atoms with E-state index < -0.39 is 5.97 Å². The second-order valence-electron chi connectivity index (χ2n) is 4.90. The van der Waals surface area contributed by atoms with Gasteiger partial charge in [0.25, 0.3) is 0 Å². The summed E-state index contributed by atoms with van der Waals surface area (Å²) < 4.78 is 0. The lowest BCUT2D eigenvalue weighted by molar-refractivity contribution is -0.138. The number of aliphatic carboxylic acids is 1. The van der Waals surface area contributed by atoms with Gasteiger partial charge in [0, 0.05) is 38.6 Å². The third-order valence-electron chi connectivity index (χ3n) is 3.20. The van der Waals surface area contributed by atoms with Crippen LogP contribution in [0.5, 0.6) is 0 Å². The standard InChI is InChI=1S/C12H25N3O2/c1-2-4-14-11-6-10(7-12(16)17)8-15(9-11)5-3-13/h10-11,14H,2-9,13H2,1H3,(H,16,17). The molecule has 1 saturated heterocycles. The summed E-state index contributed by atoms with van der Waals surface area (Å²) >= 11 is 0. The fraction of sp³-hybridized carbons (Fsp3) is 0.917. The molecule has 2 unspecified atom stereocenters. The first kappa shape index (κ1) is 14.4. The van der Waals surface area contributed by atoms with Crippen molar-refractivity contribution in [2.24, 2.45) is 11.7 Å². The Balaban J connectivity index is 2.46. The summed E-state index contributed by atoms with van der Waals surface area (Å²) in [5.74, 6) is -0.444. The van der Waals surface area contributed by atoms with Gasteiger partial charge in [0.05, 0.1) is 0 Å². The summed E-state index contributed by atoms with van der Waals surface area (Å²) in [6, 6.07) is 0.416. The fourth-order valence-electron chi connectivity index (χ4n) is 2.56. The molecule has 0 bridgehead atoms. The molecule has 0 aliphatic carbocycles. The zero-order chi connectivity index (χ0) is 12.7. The van der Waals surface area contributed by atoms with Gasteiger partial charge >= 0.3 is 5.97 Å². The molecule has 0 aromatic carbocycles. The van der Waals surface area contributed by atoms with Crippen LogP contribution in [0.3, 0.4) is 0 Å². The Kier molecular flexibility index (Phi) is 6.47. The normalized spacial score (nSPS) is 26.0. The average Bonchev–Trinajstić information content (AvgIpc) is 2.25.